The highest BCUT2D eigenvalue weighted by atomic mass is 32.2. The molecule has 1 aromatic heterocycles. The maximum Gasteiger partial charge on any atom is 0.416 e. The van der Waals surface area contributed by atoms with E-state index < -0.39 is 11.7 Å². The molecule has 0 amide bonds. The number of hydrogen-bond acceptors (Lipinski definition) is 5. The standard InChI is InChI=1S/C17H19F3N4S/c1-11-9-12(2)23-16(22-11)25-15-10-13(17(18,19)20)3-4-14(15)24-7-5-21-6-8-24/h3-4,9-10,21H,5-8H2,1-2H3. The van der Waals surface area contributed by atoms with Crippen molar-refractivity contribution in [2.45, 2.75) is 30.1 Å². The molecule has 4 nitrogen and oxygen atoms in total. The maximum absolute atomic E-state index is 13.1. The number of anilines is 1. The average Bonchev–Trinajstić information content (AvgIpc) is 2.54. The van der Waals surface area contributed by atoms with E-state index in [4.69, 9.17) is 0 Å². The summed E-state index contributed by atoms with van der Waals surface area (Å²) in [6, 6.07) is 5.74. The van der Waals surface area contributed by atoms with E-state index in [1.165, 1.54) is 17.8 Å². The number of alkyl halides is 3. The van der Waals surface area contributed by atoms with Gasteiger partial charge in [0.25, 0.3) is 0 Å². The molecule has 1 aliphatic rings. The fourth-order valence-electron chi connectivity index (χ4n) is 2.78. The van der Waals surface area contributed by atoms with Gasteiger partial charge in [0.05, 0.1) is 11.3 Å². The fraction of sp³-hybridized carbons (Fsp3) is 0.412. The monoisotopic (exact) mass is 368 g/mol. The van der Waals surface area contributed by atoms with Gasteiger partial charge in [0.1, 0.15) is 0 Å². The summed E-state index contributed by atoms with van der Waals surface area (Å²) in [6.07, 6.45) is -4.37. The maximum atomic E-state index is 13.1. The lowest BCUT2D eigenvalue weighted by molar-refractivity contribution is -0.137. The minimum Gasteiger partial charge on any atom is -0.368 e. The van der Waals surface area contributed by atoms with Crippen molar-refractivity contribution >= 4 is 17.4 Å². The third kappa shape index (κ3) is 4.43. The Labute approximate surface area is 148 Å². The number of aryl methyl sites for hydroxylation is 2. The van der Waals surface area contributed by atoms with Crippen molar-refractivity contribution in [1.29, 1.82) is 0 Å². The lowest BCUT2D eigenvalue weighted by Crippen LogP contribution is -2.43. The Bertz CT molecular complexity index is 738. The van der Waals surface area contributed by atoms with E-state index in [1.807, 2.05) is 19.9 Å². The molecule has 25 heavy (non-hydrogen) atoms. The van der Waals surface area contributed by atoms with Gasteiger partial charge in [0.2, 0.25) is 0 Å². The smallest absolute Gasteiger partial charge is 0.368 e. The van der Waals surface area contributed by atoms with Gasteiger partial charge < -0.3 is 10.2 Å². The fourth-order valence-corrected chi connectivity index (χ4v) is 3.84. The number of halogens is 3. The summed E-state index contributed by atoms with van der Waals surface area (Å²) < 4.78 is 39.4. The van der Waals surface area contributed by atoms with E-state index in [0.717, 1.165) is 49.3 Å². The highest BCUT2D eigenvalue weighted by Crippen LogP contribution is 2.39. The van der Waals surface area contributed by atoms with Crippen molar-refractivity contribution in [2.75, 3.05) is 31.1 Å². The summed E-state index contributed by atoms with van der Waals surface area (Å²) in [7, 11) is 0. The molecule has 8 heteroatoms. The molecule has 0 atom stereocenters. The summed E-state index contributed by atoms with van der Waals surface area (Å²) >= 11 is 1.18. The first-order chi connectivity index (χ1) is 11.8. The number of benzene rings is 1. The molecule has 1 fully saturated rings. The Morgan fingerprint density at radius 1 is 1.04 bits per heavy atom. The molecule has 0 unspecified atom stereocenters. The molecule has 2 heterocycles. The Hall–Kier alpha value is -1.80. The van der Waals surface area contributed by atoms with Crippen molar-refractivity contribution < 1.29 is 13.2 Å². The number of aromatic nitrogens is 2. The van der Waals surface area contributed by atoms with Crippen LogP contribution in [-0.4, -0.2) is 36.1 Å². The SMILES string of the molecule is Cc1cc(C)nc(Sc2cc(C(F)(F)F)ccc2N2CCNCC2)n1. The first-order valence-corrected chi connectivity index (χ1v) is 8.81. The van der Waals surface area contributed by atoms with Crippen molar-refractivity contribution in [3.05, 3.63) is 41.2 Å². The molecule has 1 N–H and O–H groups in total. The van der Waals surface area contributed by atoms with Gasteiger partial charge in [-0.1, -0.05) is 0 Å². The minimum atomic E-state index is -4.37. The number of piperazine rings is 1. The van der Waals surface area contributed by atoms with Crippen LogP contribution in [0, 0.1) is 13.8 Å². The van der Waals surface area contributed by atoms with Gasteiger partial charge in [-0.15, -0.1) is 0 Å². The lowest BCUT2D eigenvalue weighted by Gasteiger charge is -2.31. The van der Waals surface area contributed by atoms with E-state index in [9.17, 15) is 13.2 Å². The quantitative estimate of drug-likeness (QED) is 0.837. The molecule has 134 valence electrons. The number of rotatable bonds is 3. The predicted molar refractivity (Wildman–Crippen MR) is 92.2 cm³/mol. The molecule has 1 saturated heterocycles. The van der Waals surface area contributed by atoms with Gasteiger partial charge in [-0.05, 0) is 49.9 Å². The molecule has 1 aliphatic heterocycles. The zero-order chi connectivity index (χ0) is 18.0. The minimum absolute atomic E-state index is 0.466. The molecule has 0 aliphatic carbocycles. The largest absolute Gasteiger partial charge is 0.416 e. The van der Waals surface area contributed by atoms with Crippen molar-refractivity contribution in [3.8, 4) is 0 Å². The topological polar surface area (TPSA) is 41.1 Å². The molecule has 1 aromatic carbocycles. The third-order valence-corrected chi connectivity index (χ3v) is 4.82. The van der Waals surface area contributed by atoms with Crippen LogP contribution in [0.3, 0.4) is 0 Å². The summed E-state index contributed by atoms with van der Waals surface area (Å²) in [6.45, 7) is 6.83. The van der Waals surface area contributed by atoms with E-state index in [1.54, 1.807) is 6.07 Å². The third-order valence-electron chi connectivity index (χ3n) is 3.91. The summed E-state index contributed by atoms with van der Waals surface area (Å²) in [5.74, 6) is 0. The van der Waals surface area contributed by atoms with Crippen LogP contribution in [-0.2, 0) is 6.18 Å². The summed E-state index contributed by atoms with van der Waals surface area (Å²) in [4.78, 5) is 11.3. The van der Waals surface area contributed by atoms with Crippen LogP contribution < -0.4 is 10.2 Å². The second kappa shape index (κ2) is 7.21. The normalized spacial score (nSPS) is 15.5. The molecule has 0 saturated carbocycles. The molecular formula is C17H19F3N4S. The highest BCUT2D eigenvalue weighted by Gasteiger charge is 2.31. The molecule has 3 rings (SSSR count). The van der Waals surface area contributed by atoms with Crippen molar-refractivity contribution in [3.63, 3.8) is 0 Å². The van der Waals surface area contributed by atoms with E-state index in [0.29, 0.717) is 10.1 Å². The van der Waals surface area contributed by atoms with Gasteiger partial charge in [-0.25, -0.2) is 9.97 Å². The first-order valence-electron chi connectivity index (χ1n) is 8.00. The zero-order valence-corrected chi connectivity index (χ0v) is 14.8. The van der Waals surface area contributed by atoms with Crippen LogP contribution in [0.25, 0.3) is 0 Å². The molecular weight excluding hydrogens is 349 g/mol. The predicted octanol–water partition coefficient (Wildman–Crippen LogP) is 3.67. The van der Waals surface area contributed by atoms with Crippen LogP contribution in [0.5, 0.6) is 0 Å². The van der Waals surface area contributed by atoms with Gasteiger partial charge in [-0.2, -0.15) is 13.2 Å². The van der Waals surface area contributed by atoms with Crippen LogP contribution in [0.2, 0.25) is 0 Å². The Kier molecular flexibility index (Phi) is 5.19. The van der Waals surface area contributed by atoms with Crippen LogP contribution in [0.1, 0.15) is 17.0 Å². The van der Waals surface area contributed by atoms with E-state index >= 15 is 0 Å². The van der Waals surface area contributed by atoms with Gasteiger partial charge in [0, 0.05) is 42.5 Å². The molecule has 0 bridgehead atoms. The van der Waals surface area contributed by atoms with E-state index in [2.05, 4.69) is 20.2 Å². The Morgan fingerprint density at radius 3 is 2.28 bits per heavy atom. The summed E-state index contributed by atoms with van der Waals surface area (Å²) in [5, 5.41) is 3.72. The van der Waals surface area contributed by atoms with Crippen LogP contribution in [0.15, 0.2) is 34.3 Å². The van der Waals surface area contributed by atoms with Gasteiger partial charge >= 0.3 is 6.18 Å². The average molecular weight is 368 g/mol. The Balaban J connectivity index is 2.00. The zero-order valence-electron chi connectivity index (χ0n) is 14.0. The van der Waals surface area contributed by atoms with Crippen molar-refractivity contribution in [2.24, 2.45) is 0 Å². The molecule has 2 aromatic rings. The second-order valence-electron chi connectivity index (χ2n) is 5.95. The molecule has 0 radical (unpaired) electrons. The molecule has 0 spiro atoms. The first kappa shape index (κ1) is 18.0. The lowest BCUT2D eigenvalue weighted by atomic mass is 10.1. The van der Waals surface area contributed by atoms with Crippen LogP contribution >= 0.6 is 11.8 Å². The highest BCUT2D eigenvalue weighted by molar-refractivity contribution is 7.99. The Morgan fingerprint density at radius 2 is 1.68 bits per heavy atom. The number of nitrogens with one attached hydrogen (secondary N) is 1. The van der Waals surface area contributed by atoms with Crippen molar-refractivity contribution in [1.82, 2.24) is 15.3 Å². The van der Waals surface area contributed by atoms with Crippen LogP contribution in [0.4, 0.5) is 18.9 Å². The number of nitrogens with zero attached hydrogens (tertiary/aromatic N) is 3. The van der Waals surface area contributed by atoms with Gasteiger partial charge in [-0.3, -0.25) is 0 Å². The van der Waals surface area contributed by atoms with Gasteiger partial charge in [0.15, 0.2) is 5.16 Å². The van der Waals surface area contributed by atoms with E-state index in [-0.39, 0.29) is 0 Å². The second-order valence-corrected chi connectivity index (χ2v) is 6.96. The summed E-state index contributed by atoms with van der Waals surface area (Å²) in [5.41, 5.74) is 1.73. The number of hydrogen-bond donors (Lipinski definition) is 1.